The molecule has 5 nitrogen and oxygen atoms in total. The summed E-state index contributed by atoms with van der Waals surface area (Å²) >= 11 is 12.2. The van der Waals surface area contributed by atoms with Gasteiger partial charge in [0.1, 0.15) is 17.3 Å². The normalized spacial score (nSPS) is 10.7. The Bertz CT molecular complexity index is 1090. The number of amides is 1. The summed E-state index contributed by atoms with van der Waals surface area (Å²) in [4.78, 5) is 29.1. The molecule has 1 N–H and O–H groups in total. The van der Waals surface area contributed by atoms with E-state index in [4.69, 9.17) is 28.3 Å². The minimum absolute atomic E-state index is 0.00294. The van der Waals surface area contributed by atoms with Crippen molar-refractivity contribution in [3.05, 3.63) is 98.8 Å². The van der Waals surface area contributed by atoms with Crippen LogP contribution < -0.4 is 0 Å². The highest BCUT2D eigenvalue weighted by Gasteiger charge is 2.20. The number of nitrogens with zero attached hydrogens (tertiary/aromatic N) is 2. The number of aromatic carboxylic acids is 1. The van der Waals surface area contributed by atoms with E-state index >= 15 is 0 Å². The predicted molar refractivity (Wildman–Crippen MR) is 108 cm³/mol. The minimum Gasteiger partial charge on any atom is -0.477 e. The molecule has 9 heteroatoms. The number of benzene rings is 2. The molecule has 3 aromatic rings. The van der Waals surface area contributed by atoms with Gasteiger partial charge in [0.25, 0.3) is 5.91 Å². The van der Waals surface area contributed by atoms with Crippen LogP contribution in [0.4, 0.5) is 8.78 Å². The van der Waals surface area contributed by atoms with Gasteiger partial charge in [-0.1, -0.05) is 29.3 Å². The minimum atomic E-state index is -1.18. The Morgan fingerprint density at radius 1 is 0.967 bits per heavy atom. The monoisotopic (exact) mass is 450 g/mol. The van der Waals surface area contributed by atoms with E-state index in [-0.39, 0.29) is 24.3 Å². The van der Waals surface area contributed by atoms with Gasteiger partial charge < -0.3 is 10.0 Å². The summed E-state index contributed by atoms with van der Waals surface area (Å²) in [7, 11) is 0. The summed E-state index contributed by atoms with van der Waals surface area (Å²) in [6.07, 6.45) is 1.31. The Kier molecular flexibility index (Phi) is 6.64. The lowest BCUT2D eigenvalue weighted by molar-refractivity contribution is 0.0687. The second-order valence-corrected chi connectivity index (χ2v) is 7.26. The molecule has 30 heavy (non-hydrogen) atoms. The van der Waals surface area contributed by atoms with E-state index in [1.807, 2.05) is 0 Å². The summed E-state index contributed by atoms with van der Waals surface area (Å²) in [5.41, 5.74) is 0.718. The first kappa shape index (κ1) is 21.7. The fourth-order valence-electron chi connectivity index (χ4n) is 2.79. The zero-order chi connectivity index (χ0) is 21.8. The average molecular weight is 451 g/mol. The molecule has 0 atom stereocenters. The molecule has 0 saturated carbocycles. The van der Waals surface area contributed by atoms with Crippen LogP contribution in [0.2, 0.25) is 10.0 Å². The second kappa shape index (κ2) is 9.19. The van der Waals surface area contributed by atoms with Gasteiger partial charge in [-0.05, 0) is 47.5 Å². The molecular formula is C21H14Cl2F2N2O3. The van der Waals surface area contributed by atoms with Crippen molar-refractivity contribution in [1.29, 1.82) is 0 Å². The van der Waals surface area contributed by atoms with Crippen molar-refractivity contribution in [3.8, 4) is 0 Å². The van der Waals surface area contributed by atoms with Gasteiger partial charge >= 0.3 is 5.97 Å². The highest BCUT2D eigenvalue weighted by atomic mass is 35.5. The molecule has 3 rings (SSSR count). The van der Waals surface area contributed by atoms with Crippen LogP contribution in [-0.2, 0) is 13.1 Å². The van der Waals surface area contributed by atoms with Crippen LogP contribution in [0.5, 0.6) is 0 Å². The number of hydrogen-bond acceptors (Lipinski definition) is 3. The first-order valence-corrected chi connectivity index (χ1v) is 9.36. The Labute approximate surface area is 180 Å². The fourth-order valence-corrected chi connectivity index (χ4v) is 3.17. The molecule has 0 saturated heterocycles. The summed E-state index contributed by atoms with van der Waals surface area (Å²) in [6, 6.07) is 10.1. The fraction of sp³-hybridized carbons (Fsp3) is 0.0952. The average Bonchev–Trinajstić information content (AvgIpc) is 2.69. The van der Waals surface area contributed by atoms with Gasteiger partial charge in [0.15, 0.2) is 0 Å². The summed E-state index contributed by atoms with van der Waals surface area (Å²) in [6.45, 7) is -0.0102. The number of halogens is 4. The third-order valence-corrected chi connectivity index (χ3v) is 4.79. The van der Waals surface area contributed by atoms with Crippen molar-refractivity contribution >= 4 is 35.1 Å². The molecular weight excluding hydrogens is 437 g/mol. The van der Waals surface area contributed by atoms with E-state index in [0.29, 0.717) is 27.2 Å². The zero-order valence-corrected chi connectivity index (χ0v) is 16.8. The zero-order valence-electron chi connectivity index (χ0n) is 15.3. The van der Waals surface area contributed by atoms with Gasteiger partial charge in [0, 0.05) is 41.0 Å². The maximum absolute atomic E-state index is 13.6. The molecule has 2 aromatic carbocycles. The first-order valence-electron chi connectivity index (χ1n) is 8.60. The standard InChI is InChI=1S/C21H14Cl2F2N2O3/c22-15-2-3-18(23)14(5-15)11-27(10-12-1-4-19(21(29)30)26-9-12)20(28)13-6-16(24)8-17(25)7-13/h1-9H,10-11H2,(H,29,30). The van der Waals surface area contributed by atoms with E-state index in [1.165, 1.54) is 23.2 Å². The SMILES string of the molecule is O=C(O)c1ccc(CN(Cc2cc(Cl)ccc2Cl)C(=O)c2cc(F)cc(F)c2)cn1. The van der Waals surface area contributed by atoms with Crippen LogP contribution in [0.1, 0.15) is 32.0 Å². The van der Waals surface area contributed by atoms with Gasteiger partial charge in [-0.15, -0.1) is 0 Å². The first-order chi connectivity index (χ1) is 14.2. The number of carboxylic acids is 1. The molecule has 0 spiro atoms. The Morgan fingerprint density at radius 3 is 2.27 bits per heavy atom. The van der Waals surface area contributed by atoms with Crippen molar-refractivity contribution in [2.75, 3.05) is 0 Å². The number of carbonyl (C=O) groups is 2. The summed E-state index contributed by atoms with van der Waals surface area (Å²) < 4.78 is 27.3. The molecule has 0 aliphatic rings. The number of aromatic nitrogens is 1. The molecule has 1 heterocycles. The van der Waals surface area contributed by atoms with E-state index in [2.05, 4.69) is 4.98 Å². The van der Waals surface area contributed by atoms with Gasteiger partial charge in [-0.25, -0.2) is 18.6 Å². The Morgan fingerprint density at radius 2 is 1.67 bits per heavy atom. The maximum atomic E-state index is 13.6. The van der Waals surface area contributed by atoms with Crippen LogP contribution in [0, 0.1) is 11.6 Å². The molecule has 0 fully saturated rings. The van der Waals surface area contributed by atoms with Crippen LogP contribution in [-0.4, -0.2) is 26.9 Å². The lowest BCUT2D eigenvalue weighted by Gasteiger charge is -2.24. The maximum Gasteiger partial charge on any atom is 0.354 e. The van der Waals surface area contributed by atoms with Crippen LogP contribution in [0.15, 0.2) is 54.7 Å². The lowest BCUT2D eigenvalue weighted by atomic mass is 10.1. The third kappa shape index (κ3) is 5.31. The van der Waals surface area contributed by atoms with Crippen molar-refractivity contribution in [2.45, 2.75) is 13.1 Å². The molecule has 0 radical (unpaired) electrons. The number of rotatable bonds is 6. The van der Waals surface area contributed by atoms with Crippen molar-refractivity contribution in [3.63, 3.8) is 0 Å². The highest BCUT2D eigenvalue weighted by Crippen LogP contribution is 2.24. The Balaban J connectivity index is 1.95. The highest BCUT2D eigenvalue weighted by molar-refractivity contribution is 6.33. The molecule has 1 aromatic heterocycles. The van der Waals surface area contributed by atoms with Gasteiger partial charge in [0.2, 0.25) is 0 Å². The van der Waals surface area contributed by atoms with Crippen LogP contribution >= 0.6 is 23.2 Å². The smallest absolute Gasteiger partial charge is 0.354 e. The number of carbonyl (C=O) groups excluding carboxylic acids is 1. The largest absolute Gasteiger partial charge is 0.477 e. The Hall–Kier alpha value is -3.03. The van der Waals surface area contributed by atoms with E-state index in [0.717, 1.165) is 12.1 Å². The van der Waals surface area contributed by atoms with Gasteiger partial charge in [-0.3, -0.25) is 4.79 Å². The van der Waals surface area contributed by atoms with Crippen LogP contribution in [0.25, 0.3) is 0 Å². The predicted octanol–water partition coefficient (Wildman–Crippen LogP) is 5.21. The number of hydrogen-bond donors (Lipinski definition) is 1. The quantitative estimate of drug-likeness (QED) is 0.559. The molecule has 0 unspecified atom stereocenters. The third-order valence-electron chi connectivity index (χ3n) is 4.18. The second-order valence-electron chi connectivity index (χ2n) is 6.41. The van der Waals surface area contributed by atoms with E-state index < -0.39 is 23.5 Å². The topological polar surface area (TPSA) is 70.5 Å². The van der Waals surface area contributed by atoms with Crippen molar-refractivity contribution < 1.29 is 23.5 Å². The van der Waals surface area contributed by atoms with Crippen molar-refractivity contribution in [2.24, 2.45) is 0 Å². The lowest BCUT2D eigenvalue weighted by Crippen LogP contribution is -2.30. The van der Waals surface area contributed by atoms with Crippen LogP contribution in [0.3, 0.4) is 0 Å². The molecule has 154 valence electrons. The summed E-state index contributed by atoms with van der Waals surface area (Å²) in [5.74, 6) is -3.60. The van der Waals surface area contributed by atoms with E-state index in [1.54, 1.807) is 18.2 Å². The molecule has 1 amide bonds. The van der Waals surface area contributed by atoms with Crippen molar-refractivity contribution in [1.82, 2.24) is 9.88 Å². The number of pyridine rings is 1. The van der Waals surface area contributed by atoms with Gasteiger partial charge in [-0.2, -0.15) is 0 Å². The molecule has 0 bridgehead atoms. The summed E-state index contributed by atoms with van der Waals surface area (Å²) in [5, 5.41) is 9.74. The van der Waals surface area contributed by atoms with Gasteiger partial charge in [0.05, 0.1) is 0 Å². The molecule has 0 aliphatic carbocycles. The van der Waals surface area contributed by atoms with E-state index in [9.17, 15) is 18.4 Å². The molecule has 0 aliphatic heterocycles. The number of carboxylic acid groups (broad SMARTS) is 1.